The largest absolute Gasteiger partial charge is 0.342 e. The third kappa shape index (κ3) is 3.85. The number of halogens is 2. The standard InChI is InChI=1S/C14H18Cl2N2O/c1-17-12-4-6-18(7-5-12)14(19)8-10-2-3-11(15)9-13(10)16/h2-3,9,12,17H,4-8H2,1H3. The Morgan fingerprint density at radius 2 is 2.05 bits per heavy atom. The molecule has 2 rings (SSSR count). The number of benzene rings is 1. The monoisotopic (exact) mass is 300 g/mol. The van der Waals surface area contributed by atoms with Crippen molar-refractivity contribution in [1.82, 2.24) is 10.2 Å². The smallest absolute Gasteiger partial charge is 0.227 e. The van der Waals surface area contributed by atoms with Crippen LogP contribution in [-0.2, 0) is 11.2 Å². The summed E-state index contributed by atoms with van der Waals surface area (Å²) in [6.07, 6.45) is 2.37. The summed E-state index contributed by atoms with van der Waals surface area (Å²) in [5.41, 5.74) is 0.840. The van der Waals surface area contributed by atoms with Crippen molar-refractivity contribution in [3.8, 4) is 0 Å². The van der Waals surface area contributed by atoms with E-state index in [1.807, 2.05) is 18.0 Å². The lowest BCUT2D eigenvalue weighted by Gasteiger charge is -2.32. The zero-order valence-corrected chi connectivity index (χ0v) is 12.5. The van der Waals surface area contributed by atoms with Crippen LogP contribution in [0.25, 0.3) is 0 Å². The molecule has 1 aliphatic rings. The molecule has 0 aromatic heterocycles. The zero-order valence-electron chi connectivity index (χ0n) is 11.0. The first-order chi connectivity index (χ1) is 9.10. The summed E-state index contributed by atoms with van der Waals surface area (Å²) in [5, 5.41) is 4.41. The lowest BCUT2D eigenvalue weighted by molar-refractivity contribution is -0.131. The Hall–Kier alpha value is -0.770. The van der Waals surface area contributed by atoms with E-state index in [2.05, 4.69) is 5.32 Å². The summed E-state index contributed by atoms with van der Waals surface area (Å²) >= 11 is 11.9. The molecule has 5 heteroatoms. The van der Waals surface area contributed by atoms with Gasteiger partial charge in [-0.05, 0) is 37.6 Å². The van der Waals surface area contributed by atoms with Crippen LogP contribution in [0.1, 0.15) is 18.4 Å². The van der Waals surface area contributed by atoms with Crippen LogP contribution in [0.15, 0.2) is 18.2 Å². The number of carbonyl (C=O) groups excluding carboxylic acids is 1. The van der Waals surface area contributed by atoms with Crippen molar-refractivity contribution in [2.24, 2.45) is 0 Å². The molecular weight excluding hydrogens is 283 g/mol. The highest BCUT2D eigenvalue weighted by Crippen LogP contribution is 2.22. The average Bonchev–Trinajstić information content (AvgIpc) is 2.42. The highest BCUT2D eigenvalue weighted by molar-refractivity contribution is 6.35. The number of rotatable bonds is 3. The summed E-state index contributed by atoms with van der Waals surface area (Å²) in [7, 11) is 1.97. The quantitative estimate of drug-likeness (QED) is 0.931. The first-order valence-corrected chi connectivity index (χ1v) is 7.24. The van der Waals surface area contributed by atoms with Crippen LogP contribution < -0.4 is 5.32 Å². The fourth-order valence-electron chi connectivity index (χ4n) is 2.36. The van der Waals surface area contributed by atoms with Crippen LogP contribution >= 0.6 is 23.2 Å². The second-order valence-corrected chi connectivity index (χ2v) is 5.70. The number of nitrogens with zero attached hydrogens (tertiary/aromatic N) is 1. The van der Waals surface area contributed by atoms with Crippen molar-refractivity contribution in [2.45, 2.75) is 25.3 Å². The van der Waals surface area contributed by atoms with Gasteiger partial charge in [0, 0.05) is 29.2 Å². The van der Waals surface area contributed by atoms with E-state index in [1.54, 1.807) is 12.1 Å². The van der Waals surface area contributed by atoms with Crippen molar-refractivity contribution in [3.63, 3.8) is 0 Å². The van der Waals surface area contributed by atoms with Crippen molar-refractivity contribution < 1.29 is 4.79 Å². The minimum atomic E-state index is 0.138. The molecule has 0 saturated carbocycles. The van der Waals surface area contributed by atoms with E-state index in [4.69, 9.17) is 23.2 Å². The first kappa shape index (κ1) is 14.6. The van der Waals surface area contributed by atoms with Gasteiger partial charge in [-0.15, -0.1) is 0 Å². The molecule has 1 amide bonds. The average molecular weight is 301 g/mol. The molecule has 19 heavy (non-hydrogen) atoms. The van der Waals surface area contributed by atoms with Gasteiger partial charge in [0.1, 0.15) is 0 Å². The SMILES string of the molecule is CNC1CCN(C(=O)Cc2ccc(Cl)cc2Cl)CC1. The van der Waals surface area contributed by atoms with Gasteiger partial charge in [0.2, 0.25) is 5.91 Å². The van der Waals surface area contributed by atoms with E-state index in [9.17, 15) is 4.79 Å². The molecular formula is C14H18Cl2N2O. The molecule has 0 bridgehead atoms. The van der Waals surface area contributed by atoms with Crippen molar-refractivity contribution in [2.75, 3.05) is 20.1 Å². The van der Waals surface area contributed by atoms with Gasteiger partial charge in [-0.3, -0.25) is 4.79 Å². The molecule has 0 aliphatic carbocycles. The van der Waals surface area contributed by atoms with Crippen LogP contribution in [0.5, 0.6) is 0 Å². The summed E-state index contributed by atoms with van der Waals surface area (Å²) in [4.78, 5) is 14.1. The number of likely N-dealkylation sites (tertiary alicyclic amines) is 1. The van der Waals surface area contributed by atoms with Gasteiger partial charge < -0.3 is 10.2 Å². The molecule has 1 N–H and O–H groups in total. The summed E-state index contributed by atoms with van der Waals surface area (Å²) < 4.78 is 0. The molecule has 3 nitrogen and oxygen atoms in total. The topological polar surface area (TPSA) is 32.3 Å². The van der Waals surface area contributed by atoms with Crippen LogP contribution in [0, 0.1) is 0 Å². The van der Waals surface area contributed by atoms with E-state index in [0.717, 1.165) is 31.5 Å². The van der Waals surface area contributed by atoms with Gasteiger partial charge in [-0.2, -0.15) is 0 Å². The Morgan fingerprint density at radius 3 is 2.63 bits per heavy atom. The Morgan fingerprint density at radius 1 is 1.37 bits per heavy atom. The second-order valence-electron chi connectivity index (χ2n) is 4.86. The predicted octanol–water partition coefficient (Wildman–Crippen LogP) is 2.75. The molecule has 1 heterocycles. The summed E-state index contributed by atoms with van der Waals surface area (Å²) in [6, 6.07) is 5.80. The van der Waals surface area contributed by atoms with Crippen molar-refractivity contribution in [1.29, 1.82) is 0 Å². The minimum Gasteiger partial charge on any atom is -0.342 e. The number of amides is 1. The van der Waals surface area contributed by atoms with E-state index < -0.39 is 0 Å². The normalized spacial score (nSPS) is 16.7. The number of hydrogen-bond acceptors (Lipinski definition) is 2. The molecule has 0 unspecified atom stereocenters. The second kappa shape index (κ2) is 6.60. The number of piperidine rings is 1. The van der Waals surface area contributed by atoms with Crippen molar-refractivity contribution >= 4 is 29.1 Å². The molecule has 0 atom stereocenters. The summed E-state index contributed by atoms with van der Waals surface area (Å²) in [5.74, 6) is 0.138. The molecule has 104 valence electrons. The maximum absolute atomic E-state index is 12.2. The number of carbonyl (C=O) groups is 1. The summed E-state index contributed by atoms with van der Waals surface area (Å²) in [6.45, 7) is 1.63. The van der Waals surface area contributed by atoms with E-state index >= 15 is 0 Å². The Bertz CT molecular complexity index is 457. The van der Waals surface area contributed by atoms with E-state index in [0.29, 0.717) is 22.5 Å². The van der Waals surface area contributed by atoms with Crippen LogP contribution in [0.3, 0.4) is 0 Å². The first-order valence-electron chi connectivity index (χ1n) is 6.49. The van der Waals surface area contributed by atoms with E-state index in [1.165, 1.54) is 0 Å². The molecule has 1 aromatic carbocycles. The lowest BCUT2D eigenvalue weighted by atomic mass is 10.0. The molecule has 1 aromatic rings. The number of hydrogen-bond donors (Lipinski definition) is 1. The van der Waals surface area contributed by atoms with Gasteiger partial charge >= 0.3 is 0 Å². The Kier molecular flexibility index (Phi) is 5.08. The van der Waals surface area contributed by atoms with Crippen molar-refractivity contribution in [3.05, 3.63) is 33.8 Å². The fourth-order valence-corrected chi connectivity index (χ4v) is 2.83. The van der Waals surface area contributed by atoms with Crippen LogP contribution in [0.2, 0.25) is 10.0 Å². The molecule has 0 radical (unpaired) electrons. The molecule has 1 saturated heterocycles. The van der Waals surface area contributed by atoms with Gasteiger partial charge in [0.25, 0.3) is 0 Å². The molecule has 1 fully saturated rings. The third-order valence-electron chi connectivity index (χ3n) is 3.61. The lowest BCUT2D eigenvalue weighted by Crippen LogP contribution is -2.44. The van der Waals surface area contributed by atoms with Gasteiger partial charge in [0.15, 0.2) is 0 Å². The molecule has 1 aliphatic heterocycles. The zero-order chi connectivity index (χ0) is 13.8. The fraction of sp³-hybridized carbons (Fsp3) is 0.500. The molecule has 0 spiro atoms. The Labute approximate surface area is 123 Å². The van der Waals surface area contributed by atoms with Crippen LogP contribution in [-0.4, -0.2) is 37.0 Å². The maximum atomic E-state index is 12.2. The van der Waals surface area contributed by atoms with Crippen LogP contribution in [0.4, 0.5) is 0 Å². The highest BCUT2D eigenvalue weighted by Gasteiger charge is 2.22. The van der Waals surface area contributed by atoms with Gasteiger partial charge in [0.05, 0.1) is 6.42 Å². The third-order valence-corrected chi connectivity index (χ3v) is 4.20. The van der Waals surface area contributed by atoms with Gasteiger partial charge in [-0.25, -0.2) is 0 Å². The van der Waals surface area contributed by atoms with E-state index in [-0.39, 0.29) is 5.91 Å². The highest BCUT2D eigenvalue weighted by atomic mass is 35.5. The maximum Gasteiger partial charge on any atom is 0.227 e. The number of nitrogens with one attached hydrogen (secondary N) is 1. The minimum absolute atomic E-state index is 0.138. The van der Waals surface area contributed by atoms with Gasteiger partial charge in [-0.1, -0.05) is 29.3 Å². The Balaban J connectivity index is 1.94. The predicted molar refractivity (Wildman–Crippen MR) is 78.8 cm³/mol.